The number of carbonyl (C=O) groups is 3. The molecule has 9 heteroatoms. The molecule has 0 aliphatic carbocycles. The van der Waals surface area contributed by atoms with Gasteiger partial charge in [0.25, 0.3) is 5.91 Å². The molecule has 3 rings (SSSR count). The van der Waals surface area contributed by atoms with E-state index >= 15 is 0 Å². The van der Waals surface area contributed by atoms with E-state index in [0.717, 1.165) is 11.1 Å². The molecule has 0 aliphatic rings. The van der Waals surface area contributed by atoms with E-state index in [4.69, 9.17) is 9.47 Å². The molecule has 1 unspecified atom stereocenters. The van der Waals surface area contributed by atoms with E-state index in [0.29, 0.717) is 27.6 Å². The third kappa shape index (κ3) is 6.92. The minimum Gasteiger partial charge on any atom is -0.493 e. The normalized spacial score (nSPS) is 11.9. The fourth-order valence-electron chi connectivity index (χ4n) is 4.11. The summed E-state index contributed by atoms with van der Waals surface area (Å²) in [6, 6.07) is 13.2. The van der Waals surface area contributed by atoms with Crippen LogP contribution in [0.1, 0.15) is 53.2 Å². The zero-order valence-corrected chi connectivity index (χ0v) is 23.7. The van der Waals surface area contributed by atoms with Gasteiger partial charge in [0.2, 0.25) is 11.8 Å². The zero-order chi connectivity index (χ0) is 28.0. The van der Waals surface area contributed by atoms with Crippen LogP contribution in [0, 0.1) is 13.8 Å². The predicted octanol–water partition coefficient (Wildman–Crippen LogP) is 4.80. The van der Waals surface area contributed by atoms with Crippen LogP contribution in [0.5, 0.6) is 11.5 Å². The summed E-state index contributed by atoms with van der Waals surface area (Å²) >= 11 is 1.29. The van der Waals surface area contributed by atoms with Crippen molar-refractivity contribution in [3.05, 3.63) is 75.5 Å². The number of rotatable bonds is 9. The van der Waals surface area contributed by atoms with Crippen LogP contribution in [0.2, 0.25) is 0 Å². The monoisotopic (exact) mass is 537 g/mol. The molecule has 38 heavy (non-hydrogen) atoms. The van der Waals surface area contributed by atoms with Gasteiger partial charge >= 0.3 is 0 Å². The summed E-state index contributed by atoms with van der Waals surface area (Å²) in [4.78, 5) is 42.3. The maximum atomic E-state index is 13.9. The summed E-state index contributed by atoms with van der Waals surface area (Å²) in [6.45, 7) is 9.18. The molecule has 3 aromatic rings. The summed E-state index contributed by atoms with van der Waals surface area (Å²) in [5.41, 5.74) is 2.37. The molecular formula is C29H35N3O5S. The average Bonchev–Trinajstić information content (AvgIpc) is 3.40. The highest BCUT2D eigenvalue weighted by molar-refractivity contribution is 7.12. The van der Waals surface area contributed by atoms with Crippen LogP contribution in [-0.2, 0) is 9.59 Å². The van der Waals surface area contributed by atoms with Gasteiger partial charge in [0.1, 0.15) is 6.04 Å². The van der Waals surface area contributed by atoms with Crippen molar-refractivity contribution >= 4 is 34.7 Å². The number of amides is 3. The van der Waals surface area contributed by atoms with Crippen molar-refractivity contribution in [1.82, 2.24) is 10.6 Å². The minimum atomic E-state index is -1.05. The molecule has 2 aromatic carbocycles. The molecule has 1 aromatic heterocycles. The molecule has 1 heterocycles. The lowest BCUT2D eigenvalue weighted by molar-refractivity contribution is -0.127. The van der Waals surface area contributed by atoms with E-state index in [9.17, 15) is 14.4 Å². The number of hydrogen-bond acceptors (Lipinski definition) is 6. The molecule has 8 nitrogen and oxygen atoms in total. The molecule has 1 atom stereocenters. The number of nitrogens with one attached hydrogen (secondary N) is 2. The van der Waals surface area contributed by atoms with Crippen molar-refractivity contribution in [2.45, 2.75) is 46.2 Å². The zero-order valence-electron chi connectivity index (χ0n) is 22.9. The lowest BCUT2D eigenvalue weighted by atomic mass is 9.99. The van der Waals surface area contributed by atoms with Gasteiger partial charge in [-0.25, -0.2) is 0 Å². The van der Waals surface area contributed by atoms with Crippen LogP contribution in [0.25, 0.3) is 0 Å². The third-order valence-corrected chi connectivity index (χ3v) is 6.62. The topological polar surface area (TPSA) is 97.0 Å². The van der Waals surface area contributed by atoms with E-state index in [1.807, 2.05) is 52.8 Å². The molecular weight excluding hydrogens is 502 g/mol. The van der Waals surface area contributed by atoms with Gasteiger partial charge in [0, 0.05) is 11.2 Å². The van der Waals surface area contributed by atoms with Gasteiger partial charge in [-0.15, -0.1) is 11.3 Å². The largest absolute Gasteiger partial charge is 0.493 e. The van der Waals surface area contributed by atoms with E-state index in [2.05, 4.69) is 10.6 Å². The van der Waals surface area contributed by atoms with Crippen molar-refractivity contribution in [2.75, 3.05) is 25.7 Å². The number of hydrogen-bond donors (Lipinski definition) is 2. The van der Waals surface area contributed by atoms with Crippen LogP contribution in [0.3, 0.4) is 0 Å². The molecule has 0 saturated carbocycles. The van der Waals surface area contributed by atoms with Crippen LogP contribution in [-0.4, -0.2) is 44.0 Å². The lowest BCUT2D eigenvalue weighted by Crippen LogP contribution is -2.51. The Labute approximate surface area is 228 Å². The number of benzene rings is 2. The van der Waals surface area contributed by atoms with Gasteiger partial charge in [-0.2, -0.15) is 0 Å². The average molecular weight is 538 g/mol. The van der Waals surface area contributed by atoms with E-state index in [1.54, 1.807) is 35.7 Å². The lowest BCUT2D eigenvalue weighted by Gasteiger charge is -2.35. The fourth-order valence-corrected chi connectivity index (χ4v) is 4.75. The Morgan fingerprint density at radius 1 is 0.974 bits per heavy atom. The Kier molecular flexibility index (Phi) is 9.17. The number of ether oxygens (including phenoxy) is 2. The highest BCUT2D eigenvalue weighted by Crippen LogP contribution is 2.36. The summed E-state index contributed by atoms with van der Waals surface area (Å²) in [5.74, 6) is -0.236. The first kappa shape index (κ1) is 28.7. The van der Waals surface area contributed by atoms with Gasteiger partial charge < -0.3 is 20.1 Å². The molecule has 2 N–H and O–H groups in total. The second-order valence-electron chi connectivity index (χ2n) is 9.97. The minimum absolute atomic E-state index is 0.295. The van der Waals surface area contributed by atoms with E-state index in [-0.39, 0.29) is 18.4 Å². The van der Waals surface area contributed by atoms with Crippen molar-refractivity contribution < 1.29 is 23.9 Å². The first-order valence-electron chi connectivity index (χ1n) is 12.2. The van der Waals surface area contributed by atoms with Crippen LogP contribution < -0.4 is 25.0 Å². The molecule has 0 aliphatic heterocycles. The number of methoxy groups -OCH3 is 2. The Morgan fingerprint density at radius 2 is 1.68 bits per heavy atom. The van der Waals surface area contributed by atoms with Crippen molar-refractivity contribution in [2.24, 2.45) is 0 Å². The van der Waals surface area contributed by atoms with Crippen molar-refractivity contribution in [1.29, 1.82) is 0 Å². The van der Waals surface area contributed by atoms with Crippen LogP contribution in [0.4, 0.5) is 5.69 Å². The Morgan fingerprint density at radius 3 is 2.26 bits per heavy atom. The highest BCUT2D eigenvalue weighted by Gasteiger charge is 2.35. The number of aryl methyl sites for hydroxylation is 2. The summed E-state index contributed by atoms with van der Waals surface area (Å²) in [5, 5.41) is 7.51. The van der Waals surface area contributed by atoms with E-state index < -0.39 is 17.5 Å². The first-order chi connectivity index (χ1) is 17.9. The van der Waals surface area contributed by atoms with Gasteiger partial charge in [-0.05, 0) is 75.4 Å². The summed E-state index contributed by atoms with van der Waals surface area (Å²) in [7, 11) is 3.04. The Hall–Kier alpha value is -3.85. The summed E-state index contributed by atoms with van der Waals surface area (Å²) in [6.07, 6.45) is 0. The van der Waals surface area contributed by atoms with Gasteiger partial charge in [-0.1, -0.05) is 29.8 Å². The second-order valence-corrected chi connectivity index (χ2v) is 10.9. The smallest absolute Gasteiger partial charge is 0.261 e. The van der Waals surface area contributed by atoms with Gasteiger partial charge in [0.05, 0.1) is 25.6 Å². The van der Waals surface area contributed by atoms with Gasteiger partial charge in [0.15, 0.2) is 11.5 Å². The SMILES string of the molecule is COc1ccc(C(C(=O)NC(C)(C)C)N(C(=O)CNC(=O)c2cccs2)c2ccc(C)cc2C)cc1OC. The highest BCUT2D eigenvalue weighted by atomic mass is 32.1. The maximum Gasteiger partial charge on any atom is 0.261 e. The molecule has 0 bridgehead atoms. The van der Waals surface area contributed by atoms with Crippen LogP contribution in [0.15, 0.2) is 53.9 Å². The quantitative estimate of drug-likeness (QED) is 0.409. The van der Waals surface area contributed by atoms with Crippen molar-refractivity contribution in [3.8, 4) is 11.5 Å². The molecule has 202 valence electrons. The number of anilines is 1. The Bertz CT molecular complexity index is 1300. The summed E-state index contributed by atoms with van der Waals surface area (Å²) < 4.78 is 10.9. The number of carbonyl (C=O) groups excluding carboxylic acids is 3. The number of nitrogens with zero attached hydrogens (tertiary/aromatic N) is 1. The third-order valence-electron chi connectivity index (χ3n) is 5.75. The first-order valence-corrected chi connectivity index (χ1v) is 13.1. The molecule has 0 fully saturated rings. The molecule has 3 amide bonds. The standard InChI is InChI=1S/C29H35N3O5S/c1-18-10-12-21(19(2)15-18)32(25(33)17-30-27(34)24-9-8-14-38-24)26(28(35)31-29(3,4)5)20-11-13-22(36-6)23(16-20)37-7/h8-16,26H,17H2,1-7H3,(H,30,34)(H,31,35). The maximum absolute atomic E-state index is 13.9. The number of thiophene rings is 1. The van der Waals surface area contributed by atoms with Crippen molar-refractivity contribution in [3.63, 3.8) is 0 Å². The molecule has 0 saturated heterocycles. The van der Waals surface area contributed by atoms with E-state index in [1.165, 1.54) is 30.5 Å². The Balaban J connectivity index is 2.13. The second kappa shape index (κ2) is 12.1. The predicted molar refractivity (Wildman–Crippen MR) is 150 cm³/mol. The fraction of sp³-hybridized carbons (Fsp3) is 0.345. The molecule has 0 spiro atoms. The van der Waals surface area contributed by atoms with Crippen LogP contribution >= 0.6 is 11.3 Å². The van der Waals surface area contributed by atoms with Gasteiger partial charge in [-0.3, -0.25) is 19.3 Å². The molecule has 0 radical (unpaired) electrons.